The summed E-state index contributed by atoms with van der Waals surface area (Å²) < 4.78 is 44.7. The van der Waals surface area contributed by atoms with Crippen LogP contribution in [0.5, 0.6) is 46.0 Å². The average molecular weight is 1710 g/mol. The Kier molecular flexibility index (Phi) is 22.6. The van der Waals surface area contributed by atoms with Gasteiger partial charge in [0.1, 0.15) is 125 Å². The summed E-state index contributed by atoms with van der Waals surface area (Å²) in [5.74, 6) is 7.96. The van der Waals surface area contributed by atoms with Crippen molar-refractivity contribution in [2.45, 2.75) is 61.6 Å². The number of benzene rings is 4. The van der Waals surface area contributed by atoms with Crippen LogP contribution in [0.15, 0.2) is 250 Å². The molecule has 16 heterocycles. The molecule has 0 saturated heterocycles. The Morgan fingerprint density at radius 2 is 0.650 bits per heavy atom. The number of methoxy groups -OCH3 is 1. The minimum Gasteiger partial charge on any atom is -0.465 e. The van der Waals surface area contributed by atoms with Gasteiger partial charge in [-0.15, -0.1) is 0 Å². The molecule has 0 aliphatic carbocycles. The SMILES string of the molecule is CC[N+](CC)(CC)Cc1ccn2ncnc(Nc3ccc(Oc4ccn5ncnc5c4)c(C)c3)c12.COC(=O)c1ccn2ncnc(Nc3ccc(Oc4ccn5ncnc5c4)c(C)c3)c12.Cc1cc(Nc2ncnn3ccc(Br)c23)ccc1Oc1ccn2ncnc2c1.Cc1cc(Nc2ncnn3ccc(CO)c23)ccc1Oc1ccn2ncnc2c1. The summed E-state index contributed by atoms with van der Waals surface area (Å²) in [7, 11) is 1.34. The van der Waals surface area contributed by atoms with E-state index in [1.807, 2.05) is 184 Å². The van der Waals surface area contributed by atoms with Crippen LogP contribution in [0.2, 0.25) is 0 Å². The van der Waals surface area contributed by atoms with Crippen LogP contribution in [0.4, 0.5) is 46.0 Å². The molecule has 0 fully saturated rings. The van der Waals surface area contributed by atoms with Gasteiger partial charge in [0.2, 0.25) is 0 Å². The van der Waals surface area contributed by atoms with E-state index in [0.717, 1.165) is 148 Å². The number of nitrogens with one attached hydrogen (secondary N) is 4. The summed E-state index contributed by atoms with van der Waals surface area (Å²) in [5, 5.41) is 56.3. The van der Waals surface area contributed by atoms with Gasteiger partial charge < -0.3 is 54.5 Å². The van der Waals surface area contributed by atoms with Crippen LogP contribution in [0.3, 0.4) is 0 Å². The van der Waals surface area contributed by atoms with Gasteiger partial charge in [-0.1, -0.05) is 0 Å². The number of anilines is 8. The van der Waals surface area contributed by atoms with Crippen LogP contribution in [0.1, 0.15) is 64.5 Å². The maximum atomic E-state index is 12.1. The quantitative estimate of drug-likeness (QED) is 0.0293. The molecule has 20 aromatic rings. The molecule has 0 bridgehead atoms. The van der Waals surface area contributed by atoms with E-state index in [4.69, 9.17) is 23.7 Å². The molecule has 37 heteroatoms. The van der Waals surface area contributed by atoms with Crippen LogP contribution < -0.4 is 40.2 Å². The number of esters is 1. The van der Waals surface area contributed by atoms with Crippen LogP contribution >= 0.6 is 15.9 Å². The topological polar surface area (TPSA) is 373 Å². The van der Waals surface area contributed by atoms with E-state index in [0.29, 0.717) is 57.1 Å². The number of hydrogen-bond acceptors (Lipinski definition) is 27. The van der Waals surface area contributed by atoms with Gasteiger partial charge in [0.15, 0.2) is 45.9 Å². The number of aliphatic hydroxyl groups is 1. The number of aromatic nitrogens is 24. The first-order chi connectivity index (χ1) is 60.0. The van der Waals surface area contributed by atoms with E-state index in [9.17, 15) is 9.90 Å². The molecule has 4 aromatic carbocycles. The van der Waals surface area contributed by atoms with Crippen LogP contribution in [-0.2, 0) is 17.9 Å². The van der Waals surface area contributed by atoms with Crippen LogP contribution in [0.25, 0.3) is 44.7 Å². The molecule has 0 unspecified atom stereocenters. The first-order valence-electron chi connectivity index (χ1n) is 38.9. The van der Waals surface area contributed by atoms with Gasteiger partial charge in [0, 0.05) is 112 Å². The monoisotopic (exact) mass is 1710 g/mol. The molecule has 0 radical (unpaired) electrons. The maximum absolute atomic E-state index is 12.1. The molecule has 0 aliphatic heterocycles. The summed E-state index contributed by atoms with van der Waals surface area (Å²) in [6, 6.07) is 45.7. The van der Waals surface area contributed by atoms with Crippen molar-refractivity contribution in [3.63, 3.8) is 0 Å². The zero-order valence-electron chi connectivity index (χ0n) is 67.6. The zero-order chi connectivity index (χ0) is 84.7. The van der Waals surface area contributed by atoms with Gasteiger partial charge in [-0.2, -0.15) is 40.8 Å². The molecule has 616 valence electrons. The Morgan fingerprint density at radius 3 is 1.00 bits per heavy atom. The highest BCUT2D eigenvalue weighted by Gasteiger charge is 2.26. The number of carbonyl (C=O) groups excluding carboxylic acids is 1. The van der Waals surface area contributed by atoms with Crippen molar-refractivity contribution >= 4 is 113 Å². The van der Waals surface area contributed by atoms with Gasteiger partial charge in [-0.3, -0.25) is 0 Å². The molecule has 0 aliphatic rings. The summed E-state index contributed by atoms with van der Waals surface area (Å²) in [5.41, 5.74) is 15.8. The molecular formula is C86H79BrN29O7+. The predicted molar refractivity (Wildman–Crippen MR) is 463 cm³/mol. The summed E-state index contributed by atoms with van der Waals surface area (Å²) in [6.45, 7) is 18.9. The van der Waals surface area contributed by atoms with Gasteiger partial charge in [-0.25, -0.2) is 80.8 Å². The molecule has 36 nitrogen and oxygen atoms in total. The van der Waals surface area contributed by atoms with Crippen molar-refractivity contribution in [2.24, 2.45) is 0 Å². The number of nitrogens with zero attached hydrogens (tertiary/aromatic N) is 25. The van der Waals surface area contributed by atoms with Crippen molar-refractivity contribution in [2.75, 3.05) is 48.0 Å². The van der Waals surface area contributed by atoms with E-state index in [1.165, 1.54) is 57.0 Å². The lowest BCUT2D eigenvalue weighted by Crippen LogP contribution is -2.46. The van der Waals surface area contributed by atoms with Gasteiger partial charge in [-0.05, 0) is 208 Å². The predicted octanol–water partition coefficient (Wildman–Crippen LogP) is 15.9. The second kappa shape index (κ2) is 35.0. The second-order valence-electron chi connectivity index (χ2n) is 28.3. The molecule has 20 rings (SSSR count). The number of halogens is 1. The largest absolute Gasteiger partial charge is 0.465 e. The third-order valence-electron chi connectivity index (χ3n) is 20.7. The maximum Gasteiger partial charge on any atom is 0.340 e. The van der Waals surface area contributed by atoms with Crippen molar-refractivity contribution < 1.29 is 38.1 Å². The molecule has 0 amide bonds. The molecule has 16 aromatic heterocycles. The summed E-state index contributed by atoms with van der Waals surface area (Å²) in [6.07, 6.45) is 26.6. The standard InChI is InChI=1S/C26H31N8O.C21H17N7O3.C20H17N7O2.C19H14BrN7O/c1-5-34(6-2,7-3)16-20-10-12-33-25(20)26(28-18-30-33)31-21-8-9-23(19(4)14-21)35-22-11-13-32-24(15-22)27-17-29-32;1-13-9-14(3-4-17(13)31-15-5-7-27-18(10-15)22-11-24-27)26-20-19-16(21(29)30-2)6-8-28(19)25-12-23-20;1-13-8-15(25-20-19-14(10-28)4-6-27(19)24-12-22-20)2-3-17(13)29-16-5-7-26-18(9-16)21-11-23-26;1-12-8-13(25-19-18-15(20)5-7-27(18)24-11-22-19)2-3-16(12)28-14-4-6-26-17(9-14)21-10-23-26/h8-15,17-18H,5-7,16H2,1-4H3,(H,28,30,31);3-12H,1-2H3,(H,23,25,26);2-9,11-12,28H,10H2,1H3,(H,22,24,25);2-11H,1H3,(H,22,24,25)/q+1;;;. The molecule has 5 N–H and O–H groups in total. The summed E-state index contributed by atoms with van der Waals surface area (Å²) in [4.78, 5) is 46.4. The van der Waals surface area contributed by atoms with Gasteiger partial charge in [0.25, 0.3) is 0 Å². The number of hydrogen-bond donors (Lipinski definition) is 5. The lowest BCUT2D eigenvalue weighted by atomic mass is 10.2. The van der Waals surface area contributed by atoms with Crippen molar-refractivity contribution in [1.82, 2.24) is 117 Å². The minimum atomic E-state index is -0.454. The highest BCUT2D eigenvalue weighted by Crippen LogP contribution is 2.37. The lowest BCUT2D eigenvalue weighted by Gasteiger charge is -2.35. The molecule has 0 saturated carbocycles. The second-order valence-corrected chi connectivity index (χ2v) is 29.2. The number of carbonyl (C=O) groups is 1. The first kappa shape index (κ1) is 79.6. The van der Waals surface area contributed by atoms with Crippen molar-refractivity contribution in [1.29, 1.82) is 0 Å². The number of rotatable bonds is 23. The Labute approximate surface area is 708 Å². The fourth-order valence-corrected chi connectivity index (χ4v) is 14.5. The highest BCUT2D eigenvalue weighted by molar-refractivity contribution is 9.10. The highest BCUT2D eigenvalue weighted by atomic mass is 79.9. The third-order valence-corrected chi connectivity index (χ3v) is 21.3. The van der Waals surface area contributed by atoms with E-state index >= 15 is 0 Å². The normalized spacial score (nSPS) is 11.4. The number of fused-ring (bicyclic) bond motifs is 8. The molecule has 123 heavy (non-hydrogen) atoms. The van der Waals surface area contributed by atoms with Crippen LogP contribution in [-0.4, -0.2) is 159 Å². The van der Waals surface area contributed by atoms with Gasteiger partial charge >= 0.3 is 5.97 Å². The number of ether oxygens (including phenoxy) is 5. The number of aliphatic hydroxyl groups excluding tert-OH is 1. The smallest absolute Gasteiger partial charge is 0.340 e. The van der Waals surface area contributed by atoms with Gasteiger partial charge in [0.05, 0.1) is 38.9 Å². The number of aryl methyl sites for hydroxylation is 4. The Morgan fingerprint density at radius 1 is 0.358 bits per heavy atom. The molecule has 0 atom stereocenters. The fraction of sp³-hybridized carbons (Fsp3) is 0.151. The van der Waals surface area contributed by atoms with Crippen molar-refractivity contribution in [3.8, 4) is 46.0 Å². The van der Waals surface area contributed by atoms with E-state index in [1.54, 1.807) is 68.8 Å². The molecule has 0 spiro atoms. The van der Waals surface area contributed by atoms with E-state index in [-0.39, 0.29) is 6.61 Å². The first-order valence-corrected chi connectivity index (χ1v) is 39.7. The van der Waals surface area contributed by atoms with Crippen molar-refractivity contribution in [3.05, 3.63) is 289 Å². The number of pyridine rings is 4. The fourth-order valence-electron chi connectivity index (χ4n) is 14.0. The average Bonchev–Trinajstić information content (AvgIpc) is 1.66. The van der Waals surface area contributed by atoms with Crippen LogP contribution in [0, 0.1) is 27.7 Å². The lowest BCUT2D eigenvalue weighted by molar-refractivity contribution is -0.936. The molecular weight excluding hydrogens is 1630 g/mol. The van der Waals surface area contributed by atoms with E-state index < -0.39 is 5.97 Å². The Balaban J connectivity index is 0.000000117. The zero-order valence-corrected chi connectivity index (χ0v) is 69.2. The summed E-state index contributed by atoms with van der Waals surface area (Å²) >= 11 is 3.54. The Bertz CT molecular complexity index is 7220. The third kappa shape index (κ3) is 17.3. The Hall–Kier alpha value is -15.9. The number of quaternary nitrogens is 1. The minimum absolute atomic E-state index is 0.0826. The van der Waals surface area contributed by atoms with E-state index in [2.05, 4.69) is 151 Å².